The molecule has 11 heavy (non-hydrogen) atoms. The number of imidazole rings is 1. The van der Waals surface area contributed by atoms with Gasteiger partial charge < -0.3 is 4.98 Å². The number of aromatic amines is 1. The number of alkyl halides is 1. The normalized spacial score (nSPS) is 8.91. The Kier molecular flexibility index (Phi) is 4.60. The Morgan fingerprint density at radius 2 is 2.45 bits per heavy atom. The van der Waals surface area contributed by atoms with Gasteiger partial charge in [-0.3, -0.25) is 4.79 Å². The van der Waals surface area contributed by atoms with Gasteiger partial charge in [0.1, 0.15) is 11.5 Å². The lowest BCUT2D eigenvalue weighted by molar-refractivity contribution is 0.101. The molecule has 1 N–H and O–H groups in total. The molecule has 0 bridgehead atoms. The molecule has 0 spiro atoms. The molecular formula is C6H8Br2N2O. The average molecular weight is 284 g/mol. The summed E-state index contributed by atoms with van der Waals surface area (Å²) >= 11 is 3.06. The fourth-order valence-corrected chi connectivity index (χ4v) is 0.937. The summed E-state index contributed by atoms with van der Waals surface area (Å²) < 4.78 is 0. The Morgan fingerprint density at radius 3 is 2.82 bits per heavy atom. The lowest BCUT2D eigenvalue weighted by Crippen LogP contribution is -1.99. The summed E-state index contributed by atoms with van der Waals surface area (Å²) in [6.45, 7) is 1.81. The zero-order chi connectivity index (χ0) is 7.56. The fourth-order valence-electron chi connectivity index (χ4n) is 0.635. The number of Topliss-reactive ketones (excluding diaryl/α,β-unsaturated/α-hetero) is 1. The highest BCUT2D eigenvalue weighted by atomic mass is 79.9. The van der Waals surface area contributed by atoms with Crippen LogP contribution in [0.4, 0.5) is 0 Å². The van der Waals surface area contributed by atoms with Crippen molar-refractivity contribution in [3.8, 4) is 0 Å². The SMILES string of the molecule is Br.Cc1ncc(C(=O)CBr)[nH]1. The Hall–Kier alpha value is -0.160. The van der Waals surface area contributed by atoms with Crippen LogP contribution in [0, 0.1) is 6.92 Å². The van der Waals surface area contributed by atoms with Crippen LogP contribution in [0.2, 0.25) is 0 Å². The third-order valence-corrected chi connectivity index (χ3v) is 1.63. The molecular weight excluding hydrogens is 276 g/mol. The maximum atomic E-state index is 10.9. The van der Waals surface area contributed by atoms with E-state index in [4.69, 9.17) is 0 Å². The predicted octanol–water partition coefficient (Wildman–Crippen LogP) is 1.87. The number of aromatic nitrogens is 2. The number of halogens is 2. The molecule has 5 heteroatoms. The Balaban J connectivity index is 0.000001000. The van der Waals surface area contributed by atoms with E-state index in [1.54, 1.807) is 6.20 Å². The van der Waals surface area contributed by atoms with Gasteiger partial charge in [-0.1, -0.05) is 15.9 Å². The van der Waals surface area contributed by atoms with Crippen molar-refractivity contribution in [2.24, 2.45) is 0 Å². The van der Waals surface area contributed by atoms with E-state index in [2.05, 4.69) is 25.9 Å². The molecule has 0 aliphatic carbocycles. The van der Waals surface area contributed by atoms with E-state index in [1.807, 2.05) is 6.92 Å². The average Bonchev–Trinajstić information content (AvgIpc) is 2.34. The molecule has 0 unspecified atom stereocenters. The van der Waals surface area contributed by atoms with E-state index in [0.717, 1.165) is 5.82 Å². The van der Waals surface area contributed by atoms with Crippen LogP contribution in [-0.4, -0.2) is 21.1 Å². The molecule has 0 radical (unpaired) electrons. The van der Waals surface area contributed by atoms with Gasteiger partial charge in [-0.05, 0) is 6.92 Å². The van der Waals surface area contributed by atoms with E-state index in [1.165, 1.54) is 0 Å². The minimum Gasteiger partial charge on any atom is -0.340 e. The van der Waals surface area contributed by atoms with Gasteiger partial charge in [0.25, 0.3) is 0 Å². The number of hydrogen-bond acceptors (Lipinski definition) is 2. The maximum absolute atomic E-state index is 10.9. The second-order valence-electron chi connectivity index (χ2n) is 1.94. The van der Waals surface area contributed by atoms with Gasteiger partial charge in [0, 0.05) is 0 Å². The standard InChI is InChI=1S/C6H7BrN2O.BrH/c1-4-8-3-5(9-4)6(10)2-7;/h3H,2H2,1H3,(H,8,9);1H. The van der Waals surface area contributed by atoms with Crippen molar-refractivity contribution in [1.82, 2.24) is 9.97 Å². The van der Waals surface area contributed by atoms with E-state index >= 15 is 0 Å². The topological polar surface area (TPSA) is 45.8 Å². The molecule has 0 atom stereocenters. The highest BCUT2D eigenvalue weighted by Gasteiger charge is 2.04. The van der Waals surface area contributed by atoms with E-state index in [-0.39, 0.29) is 22.8 Å². The summed E-state index contributed by atoms with van der Waals surface area (Å²) in [5, 5.41) is 0.342. The van der Waals surface area contributed by atoms with Gasteiger partial charge in [-0.2, -0.15) is 0 Å². The van der Waals surface area contributed by atoms with Crippen LogP contribution in [0.15, 0.2) is 6.20 Å². The molecule has 0 amide bonds. The molecule has 0 fully saturated rings. The van der Waals surface area contributed by atoms with Gasteiger partial charge in [0.2, 0.25) is 0 Å². The predicted molar refractivity (Wildman–Crippen MR) is 51.8 cm³/mol. The zero-order valence-electron chi connectivity index (χ0n) is 5.93. The number of aryl methyl sites for hydroxylation is 1. The summed E-state index contributed by atoms with van der Waals surface area (Å²) in [7, 11) is 0. The van der Waals surface area contributed by atoms with Crippen LogP contribution < -0.4 is 0 Å². The molecule has 0 saturated carbocycles. The lowest BCUT2D eigenvalue weighted by Gasteiger charge is -1.86. The van der Waals surface area contributed by atoms with Crippen LogP contribution >= 0.6 is 32.9 Å². The first-order chi connectivity index (χ1) is 4.74. The monoisotopic (exact) mass is 282 g/mol. The molecule has 1 aromatic rings. The van der Waals surface area contributed by atoms with Crippen molar-refractivity contribution < 1.29 is 4.79 Å². The molecule has 1 rings (SSSR count). The Bertz CT molecular complexity index is 246. The van der Waals surface area contributed by atoms with E-state index in [9.17, 15) is 4.79 Å². The number of nitrogens with zero attached hydrogens (tertiary/aromatic N) is 1. The number of H-pyrrole nitrogens is 1. The third-order valence-electron chi connectivity index (χ3n) is 1.12. The van der Waals surface area contributed by atoms with Gasteiger partial charge in [-0.25, -0.2) is 4.98 Å². The molecule has 0 aliphatic heterocycles. The summed E-state index contributed by atoms with van der Waals surface area (Å²) in [5.41, 5.74) is 0.564. The molecule has 0 aliphatic rings. The highest BCUT2D eigenvalue weighted by molar-refractivity contribution is 9.09. The molecule has 1 heterocycles. The molecule has 0 aromatic carbocycles. The van der Waals surface area contributed by atoms with Crippen LogP contribution in [0.1, 0.15) is 16.3 Å². The number of rotatable bonds is 2. The maximum Gasteiger partial charge on any atom is 0.191 e. The van der Waals surface area contributed by atoms with Crippen molar-refractivity contribution in [3.63, 3.8) is 0 Å². The van der Waals surface area contributed by atoms with Crippen LogP contribution in [0.3, 0.4) is 0 Å². The smallest absolute Gasteiger partial charge is 0.191 e. The summed E-state index contributed by atoms with van der Waals surface area (Å²) in [6.07, 6.45) is 1.54. The highest BCUT2D eigenvalue weighted by Crippen LogP contribution is 1.98. The quantitative estimate of drug-likeness (QED) is 0.665. The molecule has 62 valence electrons. The van der Waals surface area contributed by atoms with Crippen LogP contribution in [-0.2, 0) is 0 Å². The lowest BCUT2D eigenvalue weighted by atomic mass is 10.3. The minimum atomic E-state index is 0. The van der Waals surface area contributed by atoms with Gasteiger partial charge in [-0.15, -0.1) is 17.0 Å². The van der Waals surface area contributed by atoms with E-state index < -0.39 is 0 Å². The van der Waals surface area contributed by atoms with Crippen LogP contribution in [0.5, 0.6) is 0 Å². The van der Waals surface area contributed by atoms with Crippen LogP contribution in [0.25, 0.3) is 0 Å². The largest absolute Gasteiger partial charge is 0.340 e. The first-order valence-electron chi connectivity index (χ1n) is 2.85. The number of ketones is 1. The zero-order valence-corrected chi connectivity index (χ0v) is 9.23. The summed E-state index contributed by atoms with van der Waals surface area (Å²) in [4.78, 5) is 17.6. The molecule has 0 saturated heterocycles. The Morgan fingerprint density at radius 1 is 1.82 bits per heavy atom. The molecule has 3 nitrogen and oxygen atoms in total. The Labute approximate surface area is 83.5 Å². The van der Waals surface area contributed by atoms with Gasteiger partial charge in [0.15, 0.2) is 5.78 Å². The summed E-state index contributed by atoms with van der Waals surface area (Å²) in [6, 6.07) is 0. The van der Waals surface area contributed by atoms with Crippen molar-refractivity contribution in [2.75, 3.05) is 5.33 Å². The number of hydrogen-bond donors (Lipinski definition) is 1. The number of nitrogens with one attached hydrogen (secondary N) is 1. The third kappa shape index (κ3) is 2.75. The van der Waals surface area contributed by atoms with Crippen molar-refractivity contribution in [1.29, 1.82) is 0 Å². The van der Waals surface area contributed by atoms with Crippen molar-refractivity contribution in [2.45, 2.75) is 6.92 Å². The van der Waals surface area contributed by atoms with Crippen molar-refractivity contribution in [3.05, 3.63) is 17.7 Å². The van der Waals surface area contributed by atoms with Gasteiger partial charge in [0.05, 0.1) is 11.5 Å². The first kappa shape index (κ1) is 10.8. The fraction of sp³-hybridized carbons (Fsp3) is 0.333. The summed E-state index contributed by atoms with van der Waals surface area (Å²) in [5.74, 6) is 0.796. The number of carbonyl (C=O) groups excluding carboxylic acids is 1. The second-order valence-corrected chi connectivity index (χ2v) is 2.50. The van der Waals surface area contributed by atoms with Crippen molar-refractivity contribution >= 4 is 38.7 Å². The first-order valence-corrected chi connectivity index (χ1v) is 3.97. The second kappa shape index (κ2) is 4.66. The van der Waals surface area contributed by atoms with E-state index in [0.29, 0.717) is 11.0 Å². The minimum absolute atomic E-state index is 0. The van der Waals surface area contributed by atoms with Gasteiger partial charge >= 0.3 is 0 Å². The molecule has 1 aromatic heterocycles. The number of carbonyl (C=O) groups is 1.